The fourth-order valence-electron chi connectivity index (χ4n) is 1.90. The van der Waals surface area contributed by atoms with Crippen molar-refractivity contribution >= 4 is 16.0 Å². The number of sulfonamides is 1. The Hall–Kier alpha value is -1.48. The number of carbonyl (C=O) groups is 1. The number of carbonyl (C=O) groups excluding carboxylic acids is 1. The van der Waals surface area contributed by atoms with E-state index in [1.165, 1.54) is 25.3 Å². The van der Waals surface area contributed by atoms with E-state index in [2.05, 4.69) is 4.74 Å². The van der Waals surface area contributed by atoms with Crippen LogP contribution in [0.15, 0.2) is 23.1 Å². The summed E-state index contributed by atoms with van der Waals surface area (Å²) in [4.78, 5) is 11.4. The first-order valence-electron chi connectivity index (χ1n) is 6.29. The third kappa shape index (κ3) is 4.01. The van der Waals surface area contributed by atoms with Crippen LogP contribution in [0.3, 0.4) is 0 Å². The van der Waals surface area contributed by atoms with Crippen LogP contribution in [0.5, 0.6) is 0 Å². The highest BCUT2D eigenvalue weighted by molar-refractivity contribution is 7.89. The number of methoxy groups -OCH3 is 1. The van der Waals surface area contributed by atoms with Crippen molar-refractivity contribution in [1.29, 1.82) is 0 Å². The molecule has 0 heterocycles. The lowest BCUT2D eigenvalue weighted by Gasteiger charge is -2.21. The second kappa shape index (κ2) is 7.51. The molecule has 0 aliphatic heterocycles. The number of benzene rings is 1. The maximum Gasteiger partial charge on any atom is 0.337 e. The van der Waals surface area contributed by atoms with E-state index in [0.717, 1.165) is 4.31 Å². The first kappa shape index (κ1) is 17.6. The molecule has 7 nitrogen and oxygen atoms in total. The van der Waals surface area contributed by atoms with Crippen molar-refractivity contribution in [3.05, 3.63) is 29.3 Å². The zero-order chi connectivity index (χ0) is 16.0. The van der Waals surface area contributed by atoms with Gasteiger partial charge >= 0.3 is 5.97 Å². The summed E-state index contributed by atoms with van der Waals surface area (Å²) in [5, 5.41) is 17.9. The molecule has 0 fully saturated rings. The lowest BCUT2D eigenvalue weighted by atomic mass is 10.1. The highest BCUT2D eigenvalue weighted by Gasteiger charge is 2.25. The van der Waals surface area contributed by atoms with Crippen molar-refractivity contribution in [2.45, 2.75) is 11.8 Å². The summed E-state index contributed by atoms with van der Waals surface area (Å²) in [6, 6.07) is 4.11. The zero-order valence-corrected chi connectivity index (χ0v) is 12.8. The maximum absolute atomic E-state index is 12.5. The average molecular weight is 317 g/mol. The highest BCUT2D eigenvalue weighted by atomic mass is 32.2. The minimum atomic E-state index is -3.84. The van der Waals surface area contributed by atoms with Crippen LogP contribution >= 0.6 is 0 Å². The largest absolute Gasteiger partial charge is 0.465 e. The summed E-state index contributed by atoms with van der Waals surface area (Å²) < 4.78 is 30.5. The van der Waals surface area contributed by atoms with Gasteiger partial charge in [0.05, 0.1) is 30.8 Å². The second-order valence-corrected chi connectivity index (χ2v) is 6.23. The van der Waals surface area contributed by atoms with Crippen LogP contribution in [0.2, 0.25) is 0 Å². The van der Waals surface area contributed by atoms with Gasteiger partial charge in [0.15, 0.2) is 0 Å². The first-order valence-corrected chi connectivity index (χ1v) is 7.73. The number of esters is 1. The molecule has 1 aromatic carbocycles. The molecule has 8 heteroatoms. The van der Waals surface area contributed by atoms with E-state index in [0.29, 0.717) is 5.56 Å². The van der Waals surface area contributed by atoms with E-state index in [-0.39, 0.29) is 36.8 Å². The van der Waals surface area contributed by atoms with Crippen LogP contribution < -0.4 is 0 Å². The van der Waals surface area contributed by atoms with Crippen molar-refractivity contribution in [1.82, 2.24) is 4.31 Å². The smallest absolute Gasteiger partial charge is 0.337 e. The molecule has 1 aromatic rings. The molecule has 0 aliphatic rings. The fraction of sp³-hybridized carbons (Fsp3) is 0.462. The number of aliphatic hydroxyl groups is 2. The molecule has 0 spiro atoms. The molecule has 0 bridgehead atoms. The van der Waals surface area contributed by atoms with Crippen molar-refractivity contribution in [3.8, 4) is 0 Å². The molecule has 0 aliphatic carbocycles. The molecular formula is C13H19NO6S. The van der Waals surface area contributed by atoms with Gasteiger partial charge in [0.25, 0.3) is 0 Å². The Morgan fingerprint density at radius 1 is 1.24 bits per heavy atom. The Balaban J connectivity index is 3.21. The number of ether oxygens (including phenoxy) is 1. The first-order chi connectivity index (χ1) is 9.88. The summed E-state index contributed by atoms with van der Waals surface area (Å²) in [6.45, 7) is 0.647. The molecule has 0 saturated carbocycles. The SMILES string of the molecule is COC(=O)c1ccc(S(=O)(=O)N(CCO)CCO)c(C)c1. The van der Waals surface area contributed by atoms with Crippen molar-refractivity contribution in [3.63, 3.8) is 0 Å². The predicted molar refractivity (Wildman–Crippen MR) is 75.4 cm³/mol. The van der Waals surface area contributed by atoms with Crippen LogP contribution in [0.1, 0.15) is 15.9 Å². The fourth-order valence-corrected chi connectivity index (χ4v) is 3.53. The number of aryl methyl sites for hydroxylation is 1. The van der Waals surface area contributed by atoms with Gasteiger partial charge in [-0.2, -0.15) is 4.31 Å². The van der Waals surface area contributed by atoms with Gasteiger partial charge in [-0.1, -0.05) is 0 Å². The number of rotatable bonds is 7. The molecular weight excluding hydrogens is 298 g/mol. The van der Waals surface area contributed by atoms with E-state index < -0.39 is 16.0 Å². The molecule has 0 saturated heterocycles. The molecule has 0 unspecified atom stereocenters. The van der Waals surface area contributed by atoms with Gasteiger partial charge in [0.2, 0.25) is 10.0 Å². The standard InChI is InChI=1S/C13H19NO6S/c1-10-9-11(13(17)20-2)3-4-12(10)21(18,19)14(5-7-15)6-8-16/h3-4,9,15-16H,5-8H2,1-2H3. The van der Waals surface area contributed by atoms with Crippen LogP contribution in [0.4, 0.5) is 0 Å². The molecule has 0 amide bonds. The van der Waals surface area contributed by atoms with Crippen LogP contribution in [-0.2, 0) is 14.8 Å². The Labute approximate surface area is 123 Å². The summed E-state index contributed by atoms with van der Waals surface area (Å²) >= 11 is 0. The number of nitrogens with zero attached hydrogens (tertiary/aromatic N) is 1. The van der Waals surface area contributed by atoms with Gasteiger partial charge in [-0.3, -0.25) is 0 Å². The van der Waals surface area contributed by atoms with E-state index in [1.54, 1.807) is 6.92 Å². The monoisotopic (exact) mass is 317 g/mol. The third-order valence-corrected chi connectivity index (χ3v) is 4.97. The second-order valence-electron chi connectivity index (χ2n) is 4.32. The summed E-state index contributed by atoms with van der Waals surface area (Å²) in [6.07, 6.45) is 0. The van der Waals surface area contributed by atoms with Gasteiger partial charge in [-0.25, -0.2) is 13.2 Å². The van der Waals surface area contributed by atoms with Crippen molar-refractivity contribution in [2.24, 2.45) is 0 Å². The number of hydrogen-bond acceptors (Lipinski definition) is 6. The topological polar surface area (TPSA) is 104 Å². The van der Waals surface area contributed by atoms with E-state index in [4.69, 9.17) is 10.2 Å². The van der Waals surface area contributed by atoms with Gasteiger partial charge in [-0.05, 0) is 30.7 Å². The van der Waals surface area contributed by atoms with E-state index in [9.17, 15) is 13.2 Å². The summed E-state index contributed by atoms with van der Waals surface area (Å²) in [7, 11) is -2.60. The Kier molecular flexibility index (Phi) is 6.28. The minimum Gasteiger partial charge on any atom is -0.465 e. The quantitative estimate of drug-likeness (QED) is 0.673. The van der Waals surface area contributed by atoms with E-state index >= 15 is 0 Å². The predicted octanol–water partition coefficient (Wildman–Crippen LogP) is -0.243. The van der Waals surface area contributed by atoms with Crippen molar-refractivity contribution in [2.75, 3.05) is 33.4 Å². The van der Waals surface area contributed by atoms with Crippen LogP contribution in [0, 0.1) is 6.92 Å². The molecule has 0 aromatic heterocycles. The zero-order valence-electron chi connectivity index (χ0n) is 11.9. The number of hydrogen-bond donors (Lipinski definition) is 2. The van der Waals surface area contributed by atoms with Crippen LogP contribution in [0.25, 0.3) is 0 Å². The average Bonchev–Trinajstić information content (AvgIpc) is 2.45. The Morgan fingerprint density at radius 3 is 2.24 bits per heavy atom. The van der Waals surface area contributed by atoms with Gasteiger partial charge < -0.3 is 14.9 Å². The lowest BCUT2D eigenvalue weighted by Crippen LogP contribution is -2.36. The van der Waals surface area contributed by atoms with Crippen molar-refractivity contribution < 1.29 is 28.2 Å². The normalized spacial score (nSPS) is 11.7. The maximum atomic E-state index is 12.5. The van der Waals surface area contributed by atoms with Gasteiger partial charge in [-0.15, -0.1) is 0 Å². The summed E-state index contributed by atoms with van der Waals surface area (Å²) in [5.74, 6) is -0.551. The molecule has 118 valence electrons. The van der Waals surface area contributed by atoms with Gasteiger partial charge in [0.1, 0.15) is 0 Å². The molecule has 21 heavy (non-hydrogen) atoms. The van der Waals surface area contributed by atoms with E-state index in [1.807, 2.05) is 0 Å². The molecule has 2 N–H and O–H groups in total. The molecule has 1 rings (SSSR count). The Bertz CT molecular complexity index is 593. The molecule has 0 radical (unpaired) electrons. The summed E-state index contributed by atoms with van der Waals surface area (Å²) in [5.41, 5.74) is 0.642. The minimum absolute atomic E-state index is 0.0250. The van der Waals surface area contributed by atoms with Gasteiger partial charge in [0, 0.05) is 13.1 Å². The van der Waals surface area contributed by atoms with Crippen LogP contribution in [-0.4, -0.2) is 62.3 Å². The highest BCUT2D eigenvalue weighted by Crippen LogP contribution is 2.21. The molecule has 0 atom stereocenters. The Morgan fingerprint density at radius 2 is 1.81 bits per heavy atom. The lowest BCUT2D eigenvalue weighted by molar-refractivity contribution is 0.0600. The third-order valence-electron chi connectivity index (χ3n) is 2.91. The number of aliphatic hydroxyl groups excluding tert-OH is 2.